The molecule has 0 saturated carbocycles. The van der Waals surface area contributed by atoms with Crippen molar-refractivity contribution in [2.45, 2.75) is 6.92 Å². The van der Waals surface area contributed by atoms with Gasteiger partial charge >= 0.3 is 0 Å². The predicted molar refractivity (Wildman–Crippen MR) is 118 cm³/mol. The van der Waals surface area contributed by atoms with Gasteiger partial charge in [-0.15, -0.1) is 16.4 Å². The standard InChI is InChI=1S/C24H18N4S/c1-17-7-9-19(10-8-17)23-15-25-27-28(23)21-13-11-18(12-14-21)22-16-29-24(26-22)20-5-3-2-4-6-20/h2-16H,1H3. The van der Waals surface area contributed by atoms with E-state index in [9.17, 15) is 0 Å². The Hall–Kier alpha value is -3.57. The minimum atomic E-state index is 0.970. The molecule has 140 valence electrons. The molecule has 2 aromatic heterocycles. The van der Waals surface area contributed by atoms with Crippen molar-refractivity contribution in [3.63, 3.8) is 0 Å². The first-order chi connectivity index (χ1) is 14.3. The monoisotopic (exact) mass is 394 g/mol. The summed E-state index contributed by atoms with van der Waals surface area (Å²) in [7, 11) is 0. The second kappa shape index (κ2) is 7.45. The second-order valence-electron chi connectivity index (χ2n) is 6.85. The lowest BCUT2D eigenvalue weighted by Gasteiger charge is -2.07. The van der Waals surface area contributed by atoms with Gasteiger partial charge in [0.2, 0.25) is 0 Å². The Bertz CT molecular complexity index is 1240. The first kappa shape index (κ1) is 17.5. The van der Waals surface area contributed by atoms with Crippen molar-refractivity contribution in [2.75, 3.05) is 0 Å². The summed E-state index contributed by atoms with van der Waals surface area (Å²) < 4.78 is 1.87. The number of nitrogens with zero attached hydrogens (tertiary/aromatic N) is 4. The fourth-order valence-corrected chi connectivity index (χ4v) is 4.08. The minimum absolute atomic E-state index is 0.970. The molecule has 29 heavy (non-hydrogen) atoms. The lowest BCUT2D eigenvalue weighted by Crippen LogP contribution is -1.99. The van der Waals surface area contributed by atoms with Crippen LogP contribution in [0.25, 0.3) is 38.8 Å². The molecule has 0 saturated heterocycles. The molecule has 5 aromatic rings. The van der Waals surface area contributed by atoms with Gasteiger partial charge in [-0.05, 0) is 19.1 Å². The highest BCUT2D eigenvalue weighted by Crippen LogP contribution is 2.29. The van der Waals surface area contributed by atoms with E-state index >= 15 is 0 Å². The number of hydrogen-bond acceptors (Lipinski definition) is 4. The maximum Gasteiger partial charge on any atom is 0.124 e. The third-order valence-corrected chi connectivity index (χ3v) is 5.72. The lowest BCUT2D eigenvalue weighted by molar-refractivity contribution is 0.808. The summed E-state index contributed by atoms with van der Waals surface area (Å²) >= 11 is 1.66. The van der Waals surface area contributed by atoms with Gasteiger partial charge < -0.3 is 0 Å². The van der Waals surface area contributed by atoms with Crippen molar-refractivity contribution in [3.05, 3.63) is 96.0 Å². The summed E-state index contributed by atoms with van der Waals surface area (Å²) in [6, 6.07) is 26.9. The van der Waals surface area contributed by atoms with Crippen molar-refractivity contribution in [1.82, 2.24) is 20.0 Å². The van der Waals surface area contributed by atoms with Crippen LogP contribution < -0.4 is 0 Å². The van der Waals surface area contributed by atoms with Gasteiger partial charge in [-0.1, -0.05) is 77.5 Å². The Morgan fingerprint density at radius 3 is 2.24 bits per heavy atom. The number of benzene rings is 3. The molecule has 0 amide bonds. The molecule has 0 spiro atoms. The van der Waals surface area contributed by atoms with Gasteiger partial charge in [0.15, 0.2) is 0 Å². The van der Waals surface area contributed by atoms with Crippen LogP contribution >= 0.6 is 11.3 Å². The molecular weight excluding hydrogens is 376 g/mol. The molecule has 0 aliphatic carbocycles. The Morgan fingerprint density at radius 2 is 1.48 bits per heavy atom. The molecule has 0 atom stereocenters. The van der Waals surface area contributed by atoms with E-state index in [1.54, 1.807) is 17.5 Å². The highest BCUT2D eigenvalue weighted by Gasteiger charge is 2.10. The molecule has 0 fully saturated rings. The lowest BCUT2D eigenvalue weighted by atomic mass is 10.1. The van der Waals surface area contributed by atoms with Gasteiger partial charge in [0.25, 0.3) is 0 Å². The van der Waals surface area contributed by atoms with Crippen LogP contribution in [0.3, 0.4) is 0 Å². The van der Waals surface area contributed by atoms with Gasteiger partial charge in [0, 0.05) is 22.1 Å². The molecule has 0 N–H and O–H groups in total. The maximum absolute atomic E-state index is 4.80. The number of aromatic nitrogens is 4. The summed E-state index contributed by atoms with van der Waals surface area (Å²) in [5, 5.41) is 11.5. The molecule has 3 aromatic carbocycles. The Morgan fingerprint density at radius 1 is 0.759 bits per heavy atom. The van der Waals surface area contributed by atoms with Crippen LogP contribution in [0.15, 0.2) is 90.4 Å². The van der Waals surface area contributed by atoms with E-state index in [0.29, 0.717) is 0 Å². The molecule has 0 unspecified atom stereocenters. The maximum atomic E-state index is 4.80. The van der Waals surface area contributed by atoms with E-state index in [4.69, 9.17) is 4.98 Å². The second-order valence-corrected chi connectivity index (χ2v) is 7.71. The van der Waals surface area contributed by atoms with Gasteiger partial charge in [-0.3, -0.25) is 0 Å². The Balaban J connectivity index is 1.44. The summed E-state index contributed by atoms with van der Waals surface area (Å²) in [5.74, 6) is 0. The van der Waals surface area contributed by atoms with Crippen molar-refractivity contribution in [2.24, 2.45) is 0 Å². The van der Waals surface area contributed by atoms with Crippen molar-refractivity contribution >= 4 is 11.3 Å². The van der Waals surface area contributed by atoms with Crippen molar-refractivity contribution in [1.29, 1.82) is 0 Å². The number of thiazole rings is 1. The first-order valence-electron chi connectivity index (χ1n) is 9.37. The van der Waals surface area contributed by atoms with E-state index < -0.39 is 0 Å². The van der Waals surface area contributed by atoms with Gasteiger partial charge in [0.1, 0.15) is 5.01 Å². The molecule has 0 aliphatic rings. The quantitative estimate of drug-likeness (QED) is 0.374. The third-order valence-electron chi connectivity index (χ3n) is 4.83. The van der Waals surface area contributed by atoms with Crippen LogP contribution in [-0.4, -0.2) is 20.0 Å². The van der Waals surface area contributed by atoms with Crippen LogP contribution in [0, 0.1) is 6.92 Å². The molecule has 0 radical (unpaired) electrons. The molecule has 5 rings (SSSR count). The minimum Gasteiger partial charge on any atom is -0.236 e. The van der Waals surface area contributed by atoms with Gasteiger partial charge in [0.05, 0.1) is 23.3 Å². The highest BCUT2D eigenvalue weighted by atomic mass is 32.1. The Kier molecular flexibility index (Phi) is 4.50. The van der Waals surface area contributed by atoms with E-state index in [1.807, 2.05) is 22.9 Å². The molecule has 0 aliphatic heterocycles. The van der Waals surface area contributed by atoms with E-state index in [0.717, 1.165) is 38.8 Å². The SMILES string of the molecule is Cc1ccc(-c2cnnn2-c2ccc(-c3csc(-c4ccccc4)n3)cc2)cc1. The van der Waals surface area contributed by atoms with Crippen LogP contribution in [0.2, 0.25) is 0 Å². The van der Waals surface area contributed by atoms with Crippen molar-refractivity contribution in [3.8, 4) is 38.8 Å². The molecule has 2 heterocycles. The molecule has 0 bridgehead atoms. The van der Waals surface area contributed by atoms with Gasteiger partial charge in [-0.2, -0.15) is 0 Å². The normalized spacial score (nSPS) is 10.9. The van der Waals surface area contributed by atoms with Gasteiger partial charge in [-0.25, -0.2) is 9.67 Å². The van der Waals surface area contributed by atoms with Crippen molar-refractivity contribution < 1.29 is 0 Å². The van der Waals surface area contributed by atoms with Crippen LogP contribution in [0.4, 0.5) is 0 Å². The molecule has 5 heteroatoms. The summed E-state index contributed by atoms with van der Waals surface area (Å²) in [4.78, 5) is 4.80. The van der Waals surface area contributed by atoms with Crippen LogP contribution in [0.5, 0.6) is 0 Å². The third kappa shape index (κ3) is 3.48. The smallest absolute Gasteiger partial charge is 0.124 e. The van der Waals surface area contributed by atoms with E-state index in [-0.39, 0.29) is 0 Å². The fraction of sp³-hybridized carbons (Fsp3) is 0.0417. The summed E-state index contributed by atoms with van der Waals surface area (Å²) in [5.41, 5.74) is 7.48. The highest BCUT2D eigenvalue weighted by molar-refractivity contribution is 7.13. The van der Waals surface area contributed by atoms with Crippen LogP contribution in [-0.2, 0) is 0 Å². The predicted octanol–water partition coefficient (Wildman–Crippen LogP) is 6.03. The average Bonchev–Trinajstić information content (AvgIpc) is 3.45. The number of aryl methyl sites for hydroxylation is 1. The van der Waals surface area contributed by atoms with E-state index in [2.05, 4.69) is 83.3 Å². The van der Waals surface area contributed by atoms with E-state index in [1.165, 1.54) is 5.56 Å². The first-order valence-corrected chi connectivity index (χ1v) is 10.3. The summed E-state index contributed by atoms with van der Waals surface area (Å²) in [6.07, 6.45) is 1.80. The zero-order valence-corrected chi connectivity index (χ0v) is 16.7. The molecule has 4 nitrogen and oxygen atoms in total. The van der Waals surface area contributed by atoms with Crippen LogP contribution in [0.1, 0.15) is 5.56 Å². The number of hydrogen-bond donors (Lipinski definition) is 0. The topological polar surface area (TPSA) is 43.6 Å². The zero-order chi connectivity index (χ0) is 19.6. The zero-order valence-electron chi connectivity index (χ0n) is 15.9. The Labute approximate surface area is 173 Å². The largest absolute Gasteiger partial charge is 0.236 e. The fourth-order valence-electron chi connectivity index (χ4n) is 3.24. The number of rotatable bonds is 4. The average molecular weight is 395 g/mol. The molecular formula is C24H18N4S. The summed E-state index contributed by atoms with van der Waals surface area (Å²) in [6.45, 7) is 2.08.